The molecule has 0 radical (unpaired) electrons. The number of carbonyl (C=O) groups excluding carboxylic acids is 1. The Balaban J connectivity index is 1.38. The second kappa shape index (κ2) is 4.90. The molecule has 3 aliphatic carbocycles. The zero-order valence-corrected chi connectivity index (χ0v) is 13.2. The molecule has 1 N–H and O–H groups in total. The fourth-order valence-electron chi connectivity index (χ4n) is 4.57. The van der Waals surface area contributed by atoms with Gasteiger partial charge in [0.05, 0.1) is 0 Å². The Bertz CT molecular complexity index is 608. The van der Waals surface area contributed by atoms with Crippen molar-refractivity contribution in [1.29, 1.82) is 0 Å². The molecule has 3 atom stereocenters. The number of amides is 1. The summed E-state index contributed by atoms with van der Waals surface area (Å²) in [6, 6.07) is 5.37. The number of benzene rings is 1. The number of nitrogens with one attached hydrogen (secondary N) is 1. The molecule has 3 fully saturated rings. The van der Waals surface area contributed by atoms with Crippen LogP contribution in [0.2, 0.25) is 0 Å². The average molecular weight is 301 g/mol. The van der Waals surface area contributed by atoms with E-state index in [4.69, 9.17) is 9.47 Å². The molecular formula is C18H23NO3. The summed E-state index contributed by atoms with van der Waals surface area (Å²) in [7, 11) is 0. The van der Waals surface area contributed by atoms with Gasteiger partial charge in [-0.05, 0) is 60.6 Å². The van der Waals surface area contributed by atoms with Crippen LogP contribution in [0.25, 0.3) is 0 Å². The minimum absolute atomic E-state index is 0.0162. The minimum atomic E-state index is -0.0162. The lowest BCUT2D eigenvalue weighted by atomic mass is 9.45. The molecule has 4 heteroatoms. The molecule has 22 heavy (non-hydrogen) atoms. The van der Waals surface area contributed by atoms with Gasteiger partial charge in [0, 0.05) is 12.1 Å². The predicted octanol–water partition coefficient (Wildman–Crippen LogP) is 3.22. The van der Waals surface area contributed by atoms with Crippen molar-refractivity contribution in [2.24, 2.45) is 23.2 Å². The third kappa shape index (κ3) is 2.08. The number of ether oxygens (including phenoxy) is 2. The molecule has 1 heterocycles. The Hall–Kier alpha value is -1.71. The quantitative estimate of drug-likeness (QED) is 0.932. The highest BCUT2D eigenvalue weighted by Gasteiger charge is 2.53. The maximum Gasteiger partial charge on any atom is 0.251 e. The number of fused-ring (bicyclic) bond motifs is 3. The molecule has 1 amide bonds. The first-order chi connectivity index (χ1) is 10.6. The molecule has 118 valence electrons. The van der Waals surface area contributed by atoms with Gasteiger partial charge in [-0.15, -0.1) is 0 Å². The Morgan fingerprint density at radius 2 is 2.09 bits per heavy atom. The van der Waals surface area contributed by atoms with Crippen molar-refractivity contribution in [2.45, 2.75) is 33.1 Å². The van der Waals surface area contributed by atoms with Crippen LogP contribution in [0.3, 0.4) is 0 Å². The molecule has 0 spiro atoms. The van der Waals surface area contributed by atoms with Crippen LogP contribution < -0.4 is 14.8 Å². The first-order valence-electron chi connectivity index (χ1n) is 8.23. The highest BCUT2D eigenvalue weighted by Crippen LogP contribution is 2.61. The summed E-state index contributed by atoms with van der Waals surface area (Å²) in [6.45, 7) is 5.80. The number of carbonyl (C=O) groups is 1. The van der Waals surface area contributed by atoms with Gasteiger partial charge in [-0.3, -0.25) is 4.79 Å². The van der Waals surface area contributed by atoms with Crippen LogP contribution in [0.1, 0.15) is 43.5 Å². The van der Waals surface area contributed by atoms with Gasteiger partial charge >= 0.3 is 0 Å². The van der Waals surface area contributed by atoms with Gasteiger partial charge in [-0.2, -0.15) is 0 Å². The van der Waals surface area contributed by atoms with Crippen molar-refractivity contribution in [3.63, 3.8) is 0 Å². The summed E-state index contributed by atoms with van der Waals surface area (Å²) in [5.74, 6) is 3.65. The fraction of sp³-hybridized carbons (Fsp3) is 0.611. The van der Waals surface area contributed by atoms with E-state index in [1.165, 1.54) is 19.3 Å². The van der Waals surface area contributed by atoms with Crippen molar-refractivity contribution in [2.75, 3.05) is 13.3 Å². The monoisotopic (exact) mass is 301 g/mol. The van der Waals surface area contributed by atoms with Gasteiger partial charge in [-0.1, -0.05) is 13.8 Å². The van der Waals surface area contributed by atoms with Gasteiger partial charge in [-0.25, -0.2) is 0 Å². The van der Waals surface area contributed by atoms with E-state index in [-0.39, 0.29) is 12.7 Å². The van der Waals surface area contributed by atoms with E-state index >= 15 is 0 Å². The zero-order valence-electron chi connectivity index (χ0n) is 13.2. The van der Waals surface area contributed by atoms with Crippen LogP contribution in [-0.4, -0.2) is 19.2 Å². The molecule has 1 aromatic rings. The fourth-order valence-corrected chi connectivity index (χ4v) is 4.57. The van der Waals surface area contributed by atoms with Crippen molar-refractivity contribution < 1.29 is 14.3 Å². The Labute approximate surface area is 131 Å². The first-order valence-corrected chi connectivity index (χ1v) is 8.23. The van der Waals surface area contributed by atoms with E-state index in [1.807, 2.05) is 0 Å². The molecular weight excluding hydrogens is 278 g/mol. The lowest BCUT2D eigenvalue weighted by molar-refractivity contribution is -0.103. The van der Waals surface area contributed by atoms with Crippen molar-refractivity contribution in [3.8, 4) is 11.5 Å². The van der Waals surface area contributed by atoms with Crippen LogP contribution in [0.4, 0.5) is 0 Å². The second-order valence-corrected chi connectivity index (χ2v) is 7.48. The van der Waals surface area contributed by atoms with Crippen LogP contribution in [-0.2, 0) is 0 Å². The van der Waals surface area contributed by atoms with Crippen LogP contribution in [0, 0.1) is 23.2 Å². The first kappa shape index (κ1) is 13.9. The molecule has 4 nitrogen and oxygen atoms in total. The largest absolute Gasteiger partial charge is 0.454 e. The standard InChI is InChI=1S/C18H23NO3/c1-18(2)13-5-3-12(14(18)8-13)9-19-17(20)11-4-6-15-16(7-11)22-10-21-15/h4,6-7,12-14H,3,5,8-10H2,1-2H3,(H,19,20)/t12-,13-,14-/m0/s1. The van der Waals surface area contributed by atoms with E-state index in [2.05, 4.69) is 19.2 Å². The molecule has 2 bridgehead atoms. The number of rotatable bonds is 3. The molecule has 5 rings (SSSR count). The second-order valence-electron chi connectivity index (χ2n) is 7.48. The third-order valence-electron chi connectivity index (χ3n) is 6.16. The summed E-state index contributed by atoms with van der Waals surface area (Å²) in [6.07, 6.45) is 3.91. The molecule has 0 unspecified atom stereocenters. The molecule has 0 aromatic heterocycles. The SMILES string of the molecule is CC1(C)[C@H]2CC[C@@H](CNC(=O)c3ccc4c(c3)OCO4)[C@@H]1C2. The van der Waals surface area contributed by atoms with E-state index in [0.717, 1.165) is 18.4 Å². The van der Waals surface area contributed by atoms with E-state index in [1.54, 1.807) is 18.2 Å². The Morgan fingerprint density at radius 1 is 1.27 bits per heavy atom. The molecule has 4 aliphatic rings. The summed E-state index contributed by atoms with van der Waals surface area (Å²) in [5, 5.41) is 3.12. The Kier molecular flexibility index (Phi) is 3.10. The topological polar surface area (TPSA) is 47.6 Å². The van der Waals surface area contributed by atoms with E-state index in [9.17, 15) is 4.79 Å². The van der Waals surface area contributed by atoms with Crippen molar-refractivity contribution in [3.05, 3.63) is 23.8 Å². The zero-order chi connectivity index (χ0) is 15.3. The maximum absolute atomic E-state index is 12.4. The van der Waals surface area contributed by atoms with Gasteiger partial charge in [0.2, 0.25) is 6.79 Å². The van der Waals surface area contributed by atoms with Crippen molar-refractivity contribution >= 4 is 5.91 Å². The molecule has 3 saturated carbocycles. The lowest BCUT2D eigenvalue weighted by Gasteiger charge is -2.60. The van der Waals surface area contributed by atoms with Gasteiger partial charge < -0.3 is 14.8 Å². The predicted molar refractivity (Wildman–Crippen MR) is 83.0 cm³/mol. The van der Waals surface area contributed by atoms with Gasteiger partial charge in [0.25, 0.3) is 5.91 Å². The number of hydrogen-bond acceptors (Lipinski definition) is 3. The average Bonchev–Trinajstić information content (AvgIpc) is 3.00. The molecule has 1 aliphatic heterocycles. The Morgan fingerprint density at radius 3 is 2.86 bits per heavy atom. The normalized spacial score (nSPS) is 30.5. The van der Waals surface area contributed by atoms with E-state index in [0.29, 0.717) is 28.4 Å². The molecule has 1 aromatic carbocycles. The van der Waals surface area contributed by atoms with Crippen LogP contribution >= 0.6 is 0 Å². The number of hydrogen-bond donors (Lipinski definition) is 1. The summed E-state index contributed by atoms with van der Waals surface area (Å²) >= 11 is 0. The highest BCUT2D eigenvalue weighted by molar-refractivity contribution is 5.94. The lowest BCUT2D eigenvalue weighted by Crippen LogP contribution is -2.54. The molecule has 0 saturated heterocycles. The smallest absolute Gasteiger partial charge is 0.251 e. The maximum atomic E-state index is 12.4. The highest BCUT2D eigenvalue weighted by atomic mass is 16.7. The van der Waals surface area contributed by atoms with Gasteiger partial charge in [0.1, 0.15) is 0 Å². The van der Waals surface area contributed by atoms with Crippen LogP contribution in [0.15, 0.2) is 18.2 Å². The third-order valence-corrected chi connectivity index (χ3v) is 6.16. The minimum Gasteiger partial charge on any atom is -0.454 e. The van der Waals surface area contributed by atoms with Gasteiger partial charge in [0.15, 0.2) is 11.5 Å². The van der Waals surface area contributed by atoms with E-state index < -0.39 is 0 Å². The summed E-state index contributed by atoms with van der Waals surface area (Å²) in [4.78, 5) is 12.4. The summed E-state index contributed by atoms with van der Waals surface area (Å²) < 4.78 is 10.6. The summed E-state index contributed by atoms with van der Waals surface area (Å²) in [5.41, 5.74) is 1.11. The van der Waals surface area contributed by atoms with Crippen molar-refractivity contribution in [1.82, 2.24) is 5.32 Å². The van der Waals surface area contributed by atoms with Crippen LogP contribution in [0.5, 0.6) is 11.5 Å².